The smallest absolute Gasteiger partial charge is 0.270 e. The largest absolute Gasteiger partial charge is 0.354 e. The number of carbonyl (C=O) groups is 1. The van der Waals surface area contributed by atoms with Crippen LogP contribution in [0.25, 0.3) is 0 Å². The van der Waals surface area contributed by atoms with Gasteiger partial charge in [0.2, 0.25) is 0 Å². The number of aryl methyl sites for hydroxylation is 2. The van der Waals surface area contributed by atoms with Crippen molar-refractivity contribution in [3.05, 3.63) is 53.3 Å². The number of nitrogens with zero attached hydrogens (tertiary/aromatic N) is 1. The fourth-order valence-corrected chi connectivity index (χ4v) is 2.09. The van der Waals surface area contributed by atoms with E-state index in [1.54, 1.807) is 12.3 Å². The molecule has 0 aliphatic heterocycles. The van der Waals surface area contributed by atoms with Gasteiger partial charge in [-0.1, -0.05) is 18.2 Å². The zero-order chi connectivity index (χ0) is 15.4. The molecule has 21 heavy (non-hydrogen) atoms. The third kappa shape index (κ3) is 3.81. The molecule has 0 saturated carbocycles. The first kappa shape index (κ1) is 15.0. The highest BCUT2D eigenvalue weighted by Gasteiger charge is 2.08. The number of aromatic nitrogens is 1. The van der Waals surface area contributed by atoms with Crippen molar-refractivity contribution in [3.8, 4) is 0 Å². The normalized spacial score (nSPS) is 10.5. The molecule has 4 heteroatoms. The van der Waals surface area contributed by atoms with Crippen molar-refractivity contribution in [2.24, 2.45) is 0 Å². The molecule has 2 rings (SSSR count). The van der Waals surface area contributed by atoms with Crippen LogP contribution in [0.5, 0.6) is 0 Å². The van der Waals surface area contributed by atoms with Crippen molar-refractivity contribution < 1.29 is 4.79 Å². The molecule has 1 aromatic heterocycles. The first-order valence-corrected chi connectivity index (χ1v) is 7.07. The highest BCUT2D eigenvalue weighted by Crippen LogP contribution is 2.23. The summed E-state index contributed by atoms with van der Waals surface area (Å²) in [5.74, 6) is -0.149. The Labute approximate surface area is 125 Å². The maximum atomic E-state index is 11.8. The Hall–Kier alpha value is -2.36. The first-order valence-electron chi connectivity index (χ1n) is 7.07. The third-order valence-electron chi connectivity index (χ3n) is 3.17. The topological polar surface area (TPSA) is 54.0 Å². The van der Waals surface area contributed by atoms with Crippen LogP contribution in [-0.2, 0) is 0 Å². The van der Waals surface area contributed by atoms with Crippen LogP contribution in [0.3, 0.4) is 0 Å². The maximum absolute atomic E-state index is 11.8. The Morgan fingerprint density at radius 1 is 1.10 bits per heavy atom. The SMILES string of the molecule is Cc1cccc(C)c1Nc1ccc(C(=O)NC(C)C)nc1. The molecule has 0 aliphatic rings. The van der Waals surface area contributed by atoms with Crippen LogP contribution >= 0.6 is 0 Å². The molecule has 0 radical (unpaired) electrons. The molecule has 1 amide bonds. The van der Waals surface area contributed by atoms with Crippen molar-refractivity contribution in [1.29, 1.82) is 0 Å². The lowest BCUT2D eigenvalue weighted by Gasteiger charge is -2.13. The van der Waals surface area contributed by atoms with E-state index in [1.165, 1.54) is 11.1 Å². The number of hydrogen-bond donors (Lipinski definition) is 2. The molecule has 0 unspecified atom stereocenters. The minimum absolute atomic E-state index is 0.103. The van der Waals surface area contributed by atoms with Crippen LogP contribution in [0.1, 0.15) is 35.5 Å². The minimum atomic E-state index is -0.149. The average molecular weight is 283 g/mol. The van der Waals surface area contributed by atoms with Crippen LogP contribution in [0.15, 0.2) is 36.5 Å². The van der Waals surface area contributed by atoms with E-state index in [2.05, 4.69) is 41.6 Å². The molecule has 0 fully saturated rings. The lowest BCUT2D eigenvalue weighted by Crippen LogP contribution is -2.30. The van der Waals surface area contributed by atoms with E-state index in [-0.39, 0.29) is 11.9 Å². The molecule has 0 spiro atoms. The summed E-state index contributed by atoms with van der Waals surface area (Å²) in [4.78, 5) is 16.1. The lowest BCUT2D eigenvalue weighted by atomic mass is 10.1. The number of amides is 1. The van der Waals surface area contributed by atoms with Crippen LogP contribution in [0, 0.1) is 13.8 Å². The van der Waals surface area contributed by atoms with Gasteiger partial charge in [-0.2, -0.15) is 0 Å². The van der Waals surface area contributed by atoms with Crippen LogP contribution < -0.4 is 10.6 Å². The number of rotatable bonds is 4. The zero-order valence-electron chi connectivity index (χ0n) is 12.9. The molecular weight excluding hydrogens is 262 g/mol. The van der Waals surface area contributed by atoms with E-state index < -0.39 is 0 Å². The number of anilines is 2. The van der Waals surface area contributed by atoms with Crippen molar-refractivity contribution in [3.63, 3.8) is 0 Å². The summed E-state index contributed by atoms with van der Waals surface area (Å²) in [6, 6.07) is 9.86. The van der Waals surface area contributed by atoms with E-state index in [0.29, 0.717) is 5.69 Å². The second-order valence-electron chi connectivity index (χ2n) is 5.45. The fraction of sp³-hybridized carbons (Fsp3) is 0.294. The number of hydrogen-bond acceptors (Lipinski definition) is 3. The van der Waals surface area contributed by atoms with Crippen molar-refractivity contribution in [1.82, 2.24) is 10.3 Å². The van der Waals surface area contributed by atoms with Crippen molar-refractivity contribution in [2.45, 2.75) is 33.7 Å². The molecule has 0 saturated heterocycles. The Morgan fingerprint density at radius 3 is 2.29 bits per heavy atom. The second-order valence-corrected chi connectivity index (χ2v) is 5.45. The van der Waals surface area contributed by atoms with Gasteiger partial charge < -0.3 is 10.6 Å². The van der Waals surface area contributed by atoms with Gasteiger partial charge in [0.25, 0.3) is 5.91 Å². The number of nitrogens with one attached hydrogen (secondary N) is 2. The molecule has 1 heterocycles. The Balaban J connectivity index is 2.15. The highest BCUT2D eigenvalue weighted by atomic mass is 16.1. The Kier molecular flexibility index (Phi) is 4.58. The van der Waals surface area contributed by atoms with Gasteiger partial charge in [0.1, 0.15) is 5.69 Å². The predicted octanol–water partition coefficient (Wildman–Crippen LogP) is 3.58. The zero-order valence-corrected chi connectivity index (χ0v) is 12.9. The minimum Gasteiger partial charge on any atom is -0.354 e. The molecular formula is C17H21N3O. The number of pyridine rings is 1. The van der Waals surface area contributed by atoms with Gasteiger partial charge in [0, 0.05) is 11.7 Å². The van der Waals surface area contributed by atoms with Gasteiger partial charge >= 0.3 is 0 Å². The molecule has 1 aromatic carbocycles. The summed E-state index contributed by atoms with van der Waals surface area (Å²) >= 11 is 0. The summed E-state index contributed by atoms with van der Waals surface area (Å²) in [5, 5.41) is 6.18. The summed E-state index contributed by atoms with van der Waals surface area (Å²) in [5.41, 5.74) is 4.73. The van der Waals surface area contributed by atoms with Crippen molar-refractivity contribution >= 4 is 17.3 Å². The van der Waals surface area contributed by atoms with Crippen molar-refractivity contribution in [2.75, 3.05) is 5.32 Å². The quantitative estimate of drug-likeness (QED) is 0.901. The summed E-state index contributed by atoms with van der Waals surface area (Å²) < 4.78 is 0. The molecule has 2 N–H and O–H groups in total. The van der Waals surface area contributed by atoms with E-state index in [1.807, 2.05) is 26.0 Å². The predicted molar refractivity (Wildman–Crippen MR) is 86.0 cm³/mol. The van der Waals surface area contributed by atoms with Gasteiger partial charge in [0.15, 0.2) is 0 Å². The fourth-order valence-electron chi connectivity index (χ4n) is 2.09. The summed E-state index contributed by atoms with van der Waals surface area (Å²) in [6.45, 7) is 7.98. The Morgan fingerprint density at radius 2 is 1.76 bits per heavy atom. The van der Waals surface area contributed by atoms with Crippen LogP contribution in [-0.4, -0.2) is 16.9 Å². The van der Waals surface area contributed by atoms with Gasteiger partial charge in [-0.05, 0) is 51.0 Å². The van der Waals surface area contributed by atoms with E-state index in [4.69, 9.17) is 0 Å². The molecule has 110 valence electrons. The maximum Gasteiger partial charge on any atom is 0.270 e. The molecule has 0 bridgehead atoms. The molecule has 0 aliphatic carbocycles. The monoisotopic (exact) mass is 283 g/mol. The highest BCUT2D eigenvalue weighted by molar-refractivity contribution is 5.92. The second kappa shape index (κ2) is 6.39. The first-order chi connectivity index (χ1) is 9.97. The van der Waals surface area contributed by atoms with Crippen LogP contribution in [0.4, 0.5) is 11.4 Å². The van der Waals surface area contributed by atoms with Gasteiger partial charge in [0.05, 0.1) is 11.9 Å². The van der Waals surface area contributed by atoms with Gasteiger partial charge in [-0.25, -0.2) is 4.98 Å². The van der Waals surface area contributed by atoms with E-state index >= 15 is 0 Å². The lowest BCUT2D eigenvalue weighted by molar-refractivity contribution is 0.0938. The van der Waals surface area contributed by atoms with E-state index in [9.17, 15) is 4.79 Å². The standard InChI is InChI=1S/C17H21N3O/c1-11(2)19-17(21)15-9-8-14(10-18-15)20-16-12(3)6-5-7-13(16)4/h5-11,20H,1-4H3,(H,19,21). The number of para-hydroxylation sites is 1. The van der Waals surface area contributed by atoms with Gasteiger partial charge in [-0.15, -0.1) is 0 Å². The van der Waals surface area contributed by atoms with Crippen LogP contribution in [0.2, 0.25) is 0 Å². The third-order valence-corrected chi connectivity index (χ3v) is 3.17. The summed E-state index contributed by atoms with van der Waals surface area (Å²) in [6.07, 6.45) is 1.68. The molecule has 0 atom stereocenters. The molecule has 4 nitrogen and oxygen atoms in total. The average Bonchev–Trinajstić information content (AvgIpc) is 2.43. The number of carbonyl (C=O) groups excluding carboxylic acids is 1. The molecule has 2 aromatic rings. The Bertz CT molecular complexity index is 613. The van der Waals surface area contributed by atoms with Gasteiger partial charge in [-0.3, -0.25) is 4.79 Å². The van der Waals surface area contributed by atoms with E-state index in [0.717, 1.165) is 11.4 Å². The summed E-state index contributed by atoms with van der Waals surface area (Å²) in [7, 11) is 0. The number of benzene rings is 1.